The number of pyridine rings is 1. The van der Waals surface area contributed by atoms with E-state index in [1.807, 2.05) is 19.1 Å². The van der Waals surface area contributed by atoms with Crippen LogP contribution in [0.25, 0.3) is 11.5 Å². The molecule has 2 aromatic rings. The molecular formula is C20H24N4O2S. The standard InChI is InChI=1S/C20H24N4O2S/c1-12(27-19-24-23-18(26-19)16-3-2-4-21-11-16)17(25)22-20-8-13-5-14(9-20)7-15(6-13)10-20/h2-4,11-15H,5-10H2,1H3,(H,22,25)/t12-,13?,14?,15?,20?/m0/s1. The zero-order valence-corrected chi connectivity index (χ0v) is 16.2. The van der Waals surface area contributed by atoms with Crippen LogP contribution < -0.4 is 5.32 Å². The quantitative estimate of drug-likeness (QED) is 0.792. The van der Waals surface area contributed by atoms with Gasteiger partial charge in [-0.25, -0.2) is 0 Å². The smallest absolute Gasteiger partial charge is 0.277 e. The van der Waals surface area contributed by atoms with Crippen LogP contribution >= 0.6 is 11.8 Å². The van der Waals surface area contributed by atoms with Gasteiger partial charge in [-0.1, -0.05) is 11.8 Å². The molecule has 142 valence electrons. The highest BCUT2D eigenvalue weighted by atomic mass is 32.2. The highest BCUT2D eigenvalue weighted by Gasteiger charge is 2.51. The van der Waals surface area contributed by atoms with E-state index in [0.717, 1.165) is 42.6 Å². The second-order valence-corrected chi connectivity index (χ2v) is 9.85. The molecule has 2 aromatic heterocycles. The Kier molecular flexibility index (Phi) is 4.22. The second-order valence-electron chi connectivity index (χ2n) is 8.56. The van der Waals surface area contributed by atoms with Gasteiger partial charge in [0.25, 0.3) is 5.22 Å². The summed E-state index contributed by atoms with van der Waals surface area (Å²) >= 11 is 1.32. The molecular weight excluding hydrogens is 360 g/mol. The number of carbonyl (C=O) groups is 1. The first-order valence-corrected chi connectivity index (χ1v) is 10.7. The molecule has 4 fully saturated rings. The lowest BCUT2D eigenvalue weighted by Gasteiger charge is -2.57. The molecule has 0 unspecified atom stereocenters. The van der Waals surface area contributed by atoms with Crippen LogP contribution in [0.4, 0.5) is 0 Å². The van der Waals surface area contributed by atoms with Crippen LogP contribution in [-0.2, 0) is 4.79 Å². The minimum absolute atomic E-state index is 0.0381. The zero-order chi connectivity index (χ0) is 18.4. The fourth-order valence-electron chi connectivity index (χ4n) is 5.69. The van der Waals surface area contributed by atoms with Crippen molar-refractivity contribution in [3.05, 3.63) is 24.5 Å². The van der Waals surface area contributed by atoms with Crippen molar-refractivity contribution < 1.29 is 9.21 Å². The summed E-state index contributed by atoms with van der Waals surface area (Å²) in [7, 11) is 0. The van der Waals surface area contributed by atoms with Gasteiger partial charge in [0.2, 0.25) is 11.8 Å². The van der Waals surface area contributed by atoms with Crippen LogP contribution in [0.15, 0.2) is 34.2 Å². The van der Waals surface area contributed by atoms with Gasteiger partial charge < -0.3 is 9.73 Å². The predicted molar refractivity (Wildman–Crippen MR) is 102 cm³/mol. The van der Waals surface area contributed by atoms with Crippen molar-refractivity contribution in [1.29, 1.82) is 0 Å². The van der Waals surface area contributed by atoms with Crippen molar-refractivity contribution in [2.45, 2.75) is 61.5 Å². The first kappa shape index (κ1) is 17.2. The number of aromatic nitrogens is 3. The molecule has 27 heavy (non-hydrogen) atoms. The molecule has 0 saturated heterocycles. The van der Waals surface area contributed by atoms with Crippen molar-refractivity contribution in [3.63, 3.8) is 0 Å². The molecule has 4 aliphatic rings. The van der Waals surface area contributed by atoms with Crippen LogP contribution in [0.3, 0.4) is 0 Å². The number of thioether (sulfide) groups is 1. The summed E-state index contributed by atoms with van der Waals surface area (Å²) < 4.78 is 5.71. The Morgan fingerprint density at radius 1 is 1.22 bits per heavy atom. The number of carbonyl (C=O) groups excluding carboxylic acids is 1. The van der Waals surface area contributed by atoms with E-state index in [9.17, 15) is 4.79 Å². The van der Waals surface area contributed by atoms with Gasteiger partial charge in [0.05, 0.1) is 10.8 Å². The molecule has 0 aliphatic heterocycles. The van der Waals surface area contributed by atoms with Crippen LogP contribution in [-0.4, -0.2) is 31.9 Å². The molecule has 0 radical (unpaired) electrons. The van der Waals surface area contributed by atoms with E-state index >= 15 is 0 Å². The molecule has 0 aromatic carbocycles. The molecule has 6 nitrogen and oxygen atoms in total. The van der Waals surface area contributed by atoms with E-state index in [1.165, 1.54) is 31.0 Å². The number of rotatable bonds is 5. The minimum atomic E-state index is -0.264. The van der Waals surface area contributed by atoms with Gasteiger partial charge in [-0.05, 0) is 75.3 Å². The number of hydrogen-bond donors (Lipinski definition) is 1. The Labute approximate surface area is 162 Å². The average Bonchev–Trinajstić information content (AvgIpc) is 3.09. The summed E-state index contributed by atoms with van der Waals surface area (Å²) in [6.07, 6.45) is 11.0. The van der Waals surface area contributed by atoms with Crippen molar-refractivity contribution in [2.75, 3.05) is 0 Å². The topological polar surface area (TPSA) is 80.9 Å². The molecule has 1 N–H and O–H groups in total. The van der Waals surface area contributed by atoms with E-state index in [1.54, 1.807) is 12.4 Å². The average molecular weight is 385 g/mol. The highest BCUT2D eigenvalue weighted by molar-refractivity contribution is 8.00. The number of nitrogens with one attached hydrogen (secondary N) is 1. The highest BCUT2D eigenvalue weighted by Crippen LogP contribution is 2.55. The van der Waals surface area contributed by atoms with E-state index in [-0.39, 0.29) is 16.7 Å². The summed E-state index contributed by atoms with van der Waals surface area (Å²) in [5.41, 5.74) is 0.818. The van der Waals surface area contributed by atoms with Gasteiger partial charge >= 0.3 is 0 Å². The molecule has 6 rings (SSSR count). The maximum Gasteiger partial charge on any atom is 0.277 e. The third-order valence-corrected chi connectivity index (χ3v) is 7.32. The number of amides is 1. The monoisotopic (exact) mass is 384 g/mol. The van der Waals surface area contributed by atoms with Gasteiger partial charge in [0, 0.05) is 17.9 Å². The number of nitrogens with zero attached hydrogens (tertiary/aromatic N) is 3. The Morgan fingerprint density at radius 2 is 1.93 bits per heavy atom. The zero-order valence-electron chi connectivity index (χ0n) is 15.4. The van der Waals surface area contributed by atoms with E-state index in [0.29, 0.717) is 11.1 Å². The molecule has 1 atom stereocenters. The van der Waals surface area contributed by atoms with Crippen molar-refractivity contribution >= 4 is 17.7 Å². The third-order valence-electron chi connectivity index (χ3n) is 6.39. The lowest BCUT2D eigenvalue weighted by Crippen LogP contribution is -2.60. The van der Waals surface area contributed by atoms with Gasteiger partial charge in [-0.15, -0.1) is 10.2 Å². The second kappa shape index (κ2) is 6.62. The first-order valence-electron chi connectivity index (χ1n) is 9.81. The van der Waals surface area contributed by atoms with Crippen molar-refractivity contribution in [1.82, 2.24) is 20.5 Å². The van der Waals surface area contributed by atoms with Gasteiger partial charge in [-0.3, -0.25) is 9.78 Å². The fraction of sp³-hybridized carbons (Fsp3) is 0.600. The van der Waals surface area contributed by atoms with Crippen LogP contribution in [0.1, 0.15) is 45.4 Å². The summed E-state index contributed by atoms with van der Waals surface area (Å²) in [5, 5.41) is 11.7. The fourth-order valence-corrected chi connectivity index (χ4v) is 6.38. The molecule has 0 spiro atoms. The molecule has 4 aliphatic carbocycles. The molecule has 4 saturated carbocycles. The maximum atomic E-state index is 12.9. The molecule has 7 heteroatoms. The van der Waals surface area contributed by atoms with E-state index < -0.39 is 0 Å². The minimum Gasteiger partial charge on any atom is -0.411 e. The Balaban J connectivity index is 1.23. The van der Waals surface area contributed by atoms with Gasteiger partial charge in [0.15, 0.2) is 0 Å². The van der Waals surface area contributed by atoms with Crippen molar-refractivity contribution in [2.24, 2.45) is 17.8 Å². The normalized spacial score (nSPS) is 32.4. The lowest BCUT2D eigenvalue weighted by atomic mass is 9.53. The van der Waals surface area contributed by atoms with Crippen LogP contribution in [0, 0.1) is 17.8 Å². The Morgan fingerprint density at radius 3 is 2.56 bits per heavy atom. The van der Waals surface area contributed by atoms with Crippen molar-refractivity contribution in [3.8, 4) is 11.5 Å². The van der Waals surface area contributed by atoms with E-state index in [4.69, 9.17) is 4.42 Å². The maximum absolute atomic E-state index is 12.9. The summed E-state index contributed by atoms with van der Waals surface area (Å²) in [6, 6.07) is 3.70. The molecule has 4 bridgehead atoms. The first-order chi connectivity index (χ1) is 13.1. The predicted octanol–water partition coefficient (Wildman–Crippen LogP) is 3.70. The summed E-state index contributed by atoms with van der Waals surface area (Å²) in [6.45, 7) is 1.91. The van der Waals surface area contributed by atoms with Crippen LogP contribution in [0.5, 0.6) is 0 Å². The summed E-state index contributed by atoms with van der Waals surface area (Å²) in [5.74, 6) is 2.97. The largest absolute Gasteiger partial charge is 0.411 e. The van der Waals surface area contributed by atoms with Gasteiger partial charge in [0.1, 0.15) is 0 Å². The van der Waals surface area contributed by atoms with Gasteiger partial charge in [-0.2, -0.15) is 0 Å². The third kappa shape index (κ3) is 3.37. The Bertz CT molecular complexity index is 802. The molecule has 1 amide bonds. The Hall–Kier alpha value is -1.89. The molecule has 2 heterocycles. The van der Waals surface area contributed by atoms with E-state index in [2.05, 4.69) is 20.5 Å². The SMILES string of the molecule is C[C@H](Sc1nnc(-c2cccnc2)o1)C(=O)NC12CC3CC(CC(C3)C1)C2. The number of hydrogen-bond acceptors (Lipinski definition) is 6. The summed E-state index contributed by atoms with van der Waals surface area (Å²) in [4.78, 5) is 16.9. The van der Waals surface area contributed by atoms with Crippen LogP contribution in [0.2, 0.25) is 0 Å². The lowest BCUT2D eigenvalue weighted by molar-refractivity contribution is -0.126.